The molecule has 1 aromatic heterocycles. The van der Waals surface area contributed by atoms with Crippen molar-refractivity contribution in [3.8, 4) is 17.5 Å². The van der Waals surface area contributed by atoms with E-state index in [4.69, 9.17) is 16.9 Å². The first-order valence-corrected chi connectivity index (χ1v) is 9.59. The van der Waals surface area contributed by atoms with Crippen molar-refractivity contribution in [2.75, 3.05) is 11.1 Å². The molecule has 6 nitrogen and oxygen atoms in total. The number of halogens is 1. The fourth-order valence-electron chi connectivity index (χ4n) is 2.48. The molecule has 8 heteroatoms. The molecule has 136 valence electrons. The minimum Gasteiger partial charge on any atom is -0.325 e. The second kappa shape index (κ2) is 8.71. The molecular formula is C19H16ClN5OS. The number of carbonyl (C=O) groups is 1. The van der Waals surface area contributed by atoms with Crippen LogP contribution in [-0.2, 0) is 11.3 Å². The van der Waals surface area contributed by atoms with E-state index in [1.807, 2.05) is 41.8 Å². The summed E-state index contributed by atoms with van der Waals surface area (Å²) in [5, 5.41) is 21.3. The standard InChI is InChI=1S/C19H16ClN5OS/c1-2-25-18(15-5-3-4-6-16(15)20)23-24-19(25)27-12-17(26)22-14-9-7-13(11-21)8-10-14/h3-10H,2,12H2,1H3,(H,22,26). The number of nitrogens with zero attached hydrogens (tertiary/aromatic N) is 4. The highest BCUT2D eigenvalue weighted by Gasteiger charge is 2.16. The molecule has 0 bridgehead atoms. The molecule has 0 aliphatic heterocycles. The Labute approximate surface area is 166 Å². The van der Waals surface area contributed by atoms with Gasteiger partial charge in [-0.25, -0.2) is 0 Å². The van der Waals surface area contributed by atoms with Gasteiger partial charge in [-0.1, -0.05) is 35.5 Å². The van der Waals surface area contributed by atoms with Crippen molar-refractivity contribution in [1.82, 2.24) is 14.8 Å². The lowest BCUT2D eigenvalue weighted by molar-refractivity contribution is -0.113. The molecule has 3 rings (SSSR count). The molecule has 1 N–H and O–H groups in total. The van der Waals surface area contributed by atoms with Gasteiger partial charge in [0.2, 0.25) is 5.91 Å². The second-order valence-corrected chi connectivity index (χ2v) is 6.91. The molecule has 1 heterocycles. The average Bonchev–Trinajstić information content (AvgIpc) is 3.10. The molecule has 2 aromatic carbocycles. The van der Waals surface area contributed by atoms with Crippen LogP contribution in [0.5, 0.6) is 0 Å². The molecule has 0 atom stereocenters. The summed E-state index contributed by atoms with van der Waals surface area (Å²) in [5.74, 6) is 0.716. The van der Waals surface area contributed by atoms with Gasteiger partial charge >= 0.3 is 0 Å². The van der Waals surface area contributed by atoms with Gasteiger partial charge in [0, 0.05) is 17.8 Å². The summed E-state index contributed by atoms with van der Waals surface area (Å²) in [7, 11) is 0. The molecule has 0 radical (unpaired) electrons. The van der Waals surface area contributed by atoms with Gasteiger partial charge in [0.25, 0.3) is 0 Å². The van der Waals surface area contributed by atoms with Crippen LogP contribution in [0.1, 0.15) is 12.5 Å². The van der Waals surface area contributed by atoms with Crippen molar-refractivity contribution >= 4 is 35.0 Å². The molecule has 3 aromatic rings. The van der Waals surface area contributed by atoms with E-state index >= 15 is 0 Å². The van der Waals surface area contributed by atoms with E-state index < -0.39 is 0 Å². The number of carbonyl (C=O) groups excluding carboxylic acids is 1. The molecule has 0 spiro atoms. The fourth-order valence-corrected chi connectivity index (χ4v) is 3.50. The Balaban J connectivity index is 1.68. The maximum Gasteiger partial charge on any atom is 0.234 e. The van der Waals surface area contributed by atoms with Crippen LogP contribution < -0.4 is 5.32 Å². The van der Waals surface area contributed by atoms with Gasteiger partial charge < -0.3 is 9.88 Å². The van der Waals surface area contributed by atoms with E-state index in [-0.39, 0.29) is 11.7 Å². The van der Waals surface area contributed by atoms with Crippen LogP contribution in [0.15, 0.2) is 53.7 Å². The Morgan fingerprint density at radius 1 is 1.22 bits per heavy atom. The Hall–Kier alpha value is -2.82. The van der Waals surface area contributed by atoms with Crippen LogP contribution in [-0.4, -0.2) is 26.4 Å². The smallest absolute Gasteiger partial charge is 0.234 e. The predicted octanol–water partition coefficient (Wildman–Crippen LogP) is 4.22. The van der Waals surface area contributed by atoms with Crippen LogP contribution >= 0.6 is 23.4 Å². The quantitative estimate of drug-likeness (QED) is 0.629. The molecular weight excluding hydrogens is 382 g/mol. The summed E-state index contributed by atoms with van der Waals surface area (Å²) < 4.78 is 1.93. The number of benzene rings is 2. The monoisotopic (exact) mass is 397 g/mol. The van der Waals surface area contributed by atoms with Crippen LogP contribution in [0.2, 0.25) is 5.02 Å². The highest BCUT2D eigenvalue weighted by Crippen LogP contribution is 2.29. The predicted molar refractivity (Wildman–Crippen MR) is 107 cm³/mol. The highest BCUT2D eigenvalue weighted by atomic mass is 35.5. The first-order valence-electron chi connectivity index (χ1n) is 8.23. The minimum atomic E-state index is -0.158. The fraction of sp³-hybridized carbons (Fsp3) is 0.158. The third-order valence-corrected chi connectivity index (χ3v) is 5.07. The second-order valence-electron chi connectivity index (χ2n) is 5.56. The Kier molecular flexibility index (Phi) is 6.12. The highest BCUT2D eigenvalue weighted by molar-refractivity contribution is 7.99. The number of nitrogens with one attached hydrogen (secondary N) is 1. The molecule has 0 aliphatic rings. The first kappa shape index (κ1) is 19.0. The number of amides is 1. The number of thioether (sulfide) groups is 1. The average molecular weight is 398 g/mol. The Morgan fingerprint density at radius 2 is 1.96 bits per heavy atom. The van der Waals surface area contributed by atoms with Gasteiger partial charge in [-0.2, -0.15) is 5.26 Å². The van der Waals surface area contributed by atoms with Gasteiger partial charge in [-0.05, 0) is 43.3 Å². The number of aromatic nitrogens is 3. The summed E-state index contributed by atoms with van der Waals surface area (Å²) in [6.07, 6.45) is 0. The molecule has 0 saturated carbocycles. The summed E-state index contributed by atoms with van der Waals surface area (Å²) in [4.78, 5) is 12.2. The van der Waals surface area contributed by atoms with Gasteiger partial charge in [-0.3, -0.25) is 4.79 Å². The zero-order valence-electron chi connectivity index (χ0n) is 14.5. The third-order valence-electron chi connectivity index (χ3n) is 3.78. The third kappa shape index (κ3) is 4.48. The molecule has 1 amide bonds. The van der Waals surface area contributed by atoms with Crippen molar-refractivity contribution in [1.29, 1.82) is 5.26 Å². The zero-order chi connectivity index (χ0) is 19.2. The van der Waals surface area contributed by atoms with E-state index in [0.29, 0.717) is 33.8 Å². The zero-order valence-corrected chi connectivity index (χ0v) is 16.1. The van der Waals surface area contributed by atoms with Gasteiger partial charge in [0.1, 0.15) is 0 Å². The lowest BCUT2D eigenvalue weighted by Crippen LogP contribution is -2.14. The van der Waals surface area contributed by atoms with Crippen molar-refractivity contribution in [2.45, 2.75) is 18.6 Å². The van der Waals surface area contributed by atoms with E-state index in [1.165, 1.54) is 11.8 Å². The molecule has 27 heavy (non-hydrogen) atoms. The topological polar surface area (TPSA) is 83.6 Å². The van der Waals surface area contributed by atoms with Gasteiger partial charge in [0.15, 0.2) is 11.0 Å². The maximum absolute atomic E-state index is 12.2. The van der Waals surface area contributed by atoms with Gasteiger partial charge in [0.05, 0.1) is 22.4 Å². The van der Waals surface area contributed by atoms with E-state index in [9.17, 15) is 4.79 Å². The van der Waals surface area contributed by atoms with E-state index in [2.05, 4.69) is 15.5 Å². The van der Waals surface area contributed by atoms with Crippen LogP contribution in [0.4, 0.5) is 5.69 Å². The van der Waals surface area contributed by atoms with Crippen molar-refractivity contribution < 1.29 is 4.79 Å². The SMILES string of the molecule is CCn1c(SCC(=O)Nc2ccc(C#N)cc2)nnc1-c1ccccc1Cl. The number of nitriles is 1. The molecule has 0 unspecified atom stereocenters. The van der Waals surface area contributed by atoms with E-state index in [1.54, 1.807) is 24.3 Å². The lowest BCUT2D eigenvalue weighted by Gasteiger charge is -2.08. The van der Waals surface area contributed by atoms with Crippen LogP contribution in [0.3, 0.4) is 0 Å². The number of hydrogen-bond donors (Lipinski definition) is 1. The summed E-state index contributed by atoms with van der Waals surface area (Å²) in [5.41, 5.74) is 2.00. The number of rotatable bonds is 6. The Bertz CT molecular complexity index is 994. The van der Waals surface area contributed by atoms with Crippen molar-refractivity contribution in [2.24, 2.45) is 0 Å². The molecule has 0 saturated heterocycles. The largest absolute Gasteiger partial charge is 0.325 e. The minimum absolute atomic E-state index is 0.158. The first-order chi connectivity index (χ1) is 13.1. The maximum atomic E-state index is 12.2. The molecule has 0 fully saturated rings. The summed E-state index contributed by atoms with van der Waals surface area (Å²) in [6, 6.07) is 16.2. The van der Waals surface area contributed by atoms with Crippen LogP contribution in [0, 0.1) is 11.3 Å². The van der Waals surface area contributed by atoms with Crippen LogP contribution in [0.25, 0.3) is 11.4 Å². The number of anilines is 1. The van der Waals surface area contributed by atoms with Gasteiger partial charge in [-0.15, -0.1) is 10.2 Å². The number of hydrogen-bond acceptors (Lipinski definition) is 5. The normalized spacial score (nSPS) is 10.4. The van der Waals surface area contributed by atoms with Crippen molar-refractivity contribution in [3.05, 3.63) is 59.1 Å². The summed E-state index contributed by atoms with van der Waals surface area (Å²) >= 11 is 7.57. The molecule has 0 aliphatic carbocycles. The van der Waals surface area contributed by atoms with Crippen molar-refractivity contribution in [3.63, 3.8) is 0 Å². The lowest BCUT2D eigenvalue weighted by atomic mass is 10.2. The van der Waals surface area contributed by atoms with E-state index in [0.717, 1.165) is 5.56 Å². The summed E-state index contributed by atoms with van der Waals surface area (Å²) in [6.45, 7) is 2.65. The Morgan fingerprint density at radius 3 is 2.63 bits per heavy atom.